The van der Waals surface area contributed by atoms with E-state index in [0.29, 0.717) is 34.9 Å². The van der Waals surface area contributed by atoms with Crippen LogP contribution in [0, 0.1) is 28.9 Å². The second kappa shape index (κ2) is 10.9. The topological polar surface area (TPSA) is 131 Å². The third kappa shape index (κ3) is 5.52. The summed E-state index contributed by atoms with van der Waals surface area (Å²) in [6.07, 6.45) is 5.88. The molecule has 2 aliphatic heterocycles. The van der Waals surface area contributed by atoms with E-state index in [9.17, 15) is 10.1 Å². The number of nitro benzene ring substituents is 1. The number of hydrogen-bond donors (Lipinski definition) is 2. The Labute approximate surface area is 205 Å². The first-order valence-electron chi connectivity index (χ1n) is 11.6. The standard InChI is InChI=1S/C22H33N9O2.ClH/c1-15-4-8-28(9-5-15)19-13-20(29-10-6-16(2)7-11-29)21(31(32)33)12-18(19)14-24-26-22-27-25-17(3)30(22)23;/h12-16H,4-11,23H2,1-3H3,(H,26,27);1H/b24-14+;. The van der Waals surface area contributed by atoms with E-state index in [1.165, 1.54) is 4.68 Å². The van der Waals surface area contributed by atoms with Gasteiger partial charge in [0.2, 0.25) is 0 Å². The van der Waals surface area contributed by atoms with Crippen molar-refractivity contribution >= 4 is 41.6 Å². The molecule has 0 unspecified atom stereocenters. The monoisotopic (exact) mass is 491 g/mol. The van der Waals surface area contributed by atoms with Crippen molar-refractivity contribution in [1.29, 1.82) is 0 Å². The molecule has 1 aromatic heterocycles. The first-order chi connectivity index (χ1) is 15.8. The molecule has 11 nitrogen and oxygen atoms in total. The summed E-state index contributed by atoms with van der Waals surface area (Å²) in [5.74, 6) is 8.04. The fourth-order valence-electron chi connectivity index (χ4n) is 4.46. The highest BCUT2D eigenvalue weighted by Crippen LogP contribution is 2.38. The van der Waals surface area contributed by atoms with Crippen molar-refractivity contribution in [3.8, 4) is 0 Å². The molecule has 2 aliphatic rings. The molecule has 4 rings (SSSR count). The van der Waals surface area contributed by atoms with Crippen LogP contribution in [0.1, 0.15) is 50.9 Å². The molecular weight excluding hydrogens is 458 g/mol. The van der Waals surface area contributed by atoms with Crippen LogP contribution in [0.25, 0.3) is 0 Å². The Hall–Kier alpha value is -3.08. The molecule has 34 heavy (non-hydrogen) atoms. The number of piperidine rings is 2. The van der Waals surface area contributed by atoms with Crippen molar-refractivity contribution in [3.63, 3.8) is 0 Å². The van der Waals surface area contributed by atoms with Gasteiger partial charge in [-0.05, 0) is 50.5 Å². The van der Waals surface area contributed by atoms with Gasteiger partial charge < -0.3 is 15.6 Å². The Morgan fingerprint density at radius 1 is 1.06 bits per heavy atom. The number of hydrogen-bond acceptors (Lipinski definition) is 9. The van der Waals surface area contributed by atoms with Crippen molar-refractivity contribution in [3.05, 3.63) is 33.6 Å². The number of nitrogens with one attached hydrogen (secondary N) is 1. The number of aryl methyl sites for hydroxylation is 1. The molecule has 3 N–H and O–H groups in total. The fourth-order valence-corrected chi connectivity index (χ4v) is 4.46. The quantitative estimate of drug-likeness (QED) is 0.271. The van der Waals surface area contributed by atoms with Crippen LogP contribution in [0.3, 0.4) is 0 Å². The molecule has 2 saturated heterocycles. The lowest BCUT2D eigenvalue weighted by atomic mass is 9.96. The van der Waals surface area contributed by atoms with E-state index < -0.39 is 0 Å². The molecule has 3 heterocycles. The lowest BCUT2D eigenvalue weighted by Gasteiger charge is -2.35. The summed E-state index contributed by atoms with van der Waals surface area (Å²) in [4.78, 5) is 16.2. The van der Waals surface area contributed by atoms with Gasteiger partial charge in [-0.2, -0.15) is 5.10 Å². The summed E-state index contributed by atoms with van der Waals surface area (Å²) < 4.78 is 1.30. The van der Waals surface area contributed by atoms with Gasteiger partial charge in [-0.3, -0.25) is 10.1 Å². The van der Waals surface area contributed by atoms with E-state index in [0.717, 1.165) is 57.5 Å². The number of hydrazone groups is 1. The summed E-state index contributed by atoms with van der Waals surface area (Å²) in [6.45, 7) is 9.74. The minimum Gasteiger partial charge on any atom is -0.371 e. The molecule has 0 aliphatic carbocycles. The van der Waals surface area contributed by atoms with Gasteiger partial charge in [0.15, 0.2) is 5.82 Å². The average molecular weight is 492 g/mol. The lowest BCUT2D eigenvalue weighted by molar-refractivity contribution is -0.384. The van der Waals surface area contributed by atoms with Crippen molar-refractivity contribution in [2.24, 2.45) is 16.9 Å². The van der Waals surface area contributed by atoms with Gasteiger partial charge in [-0.15, -0.1) is 22.6 Å². The third-order valence-corrected chi connectivity index (χ3v) is 6.80. The van der Waals surface area contributed by atoms with Gasteiger partial charge in [0, 0.05) is 43.5 Å². The maximum Gasteiger partial charge on any atom is 0.293 e. The minimum absolute atomic E-state index is 0. The van der Waals surface area contributed by atoms with Crippen molar-refractivity contribution < 1.29 is 4.92 Å². The van der Waals surface area contributed by atoms with Crippen LogP contribution in [0.2, 0.25) is 0 Å². The zero-order valence-electron chi connectivity index (χ0n) is 20.0. The Morgan fingerprint density at radius 3 is 2.12 bits per heavy atom. The molecular formula is C22H34ClN9O2. The van der Waals surface area contributed by atoms with Gasteiger partial charge in [-0.25, -0.2) is 10.1 Å². The normalized spacial score (nSPS) is 17.7. The van der Waals surface area contributed by atoms with Crippen LogP contribution in [-0.4, -0.2) is 52.2 Å². The van der Waals surface area contributed by atoms with Crippen molar-refractivity contribution in [2.75, 3.05) is 47.2 Å². The minimum atomic E-state index is -0.292. The van der Waals surface area contributed by atoms with Gasteiger partial charge >= 0.3 is 0 Å². The van der Waals surface area contributed by atoms with Crippen LogP contribution in [0.4, 0.5) is 23.0 Å². The molecule has 0 saturated carbocycles. The summed E-state index contributed by atoms with van der Waals surface area (Å²) in [6, 6.07) is 3.63. The molecule has 0 spiro atoms. The number of nitrogens with zero attached hydrogens (tertiary/aromatic N) is 7. The van der Waals surface area contributed by atoms with E-state index in [-0.39, 0.29) is 23.0 Å². The number of aromatic nitrogens is 3. The third-order valence-electron chi connectivity index (χ3n) is 6.80. The van der Waals surface area contributed by atoms with E-state index in [2.05, 4.69) is 44.4 Å². The molecule has 0 atom stereocenters. The smallest absolute Gasteiger partial charge is 0.293 e. The highest BCUT2D eigenvalue weighted by Gasteiger charge is 2.27. The Balaban J connectivity index is 0.00000324. The van der Waals surface area contributed by atoms with E-state index in [4.69, 9.17) is 5.84 Å². The maximum atomic E-state index is 12.0. The number of benzene rings is 1. The van der Waals surface area contributed by atoms with Crippen LogP contribution in [0.15, 0.2) is 17.2 Å². The van der Waals surface area contributed by atoms with E-state index in [1.54, 1.807) is 19.2 Å². The van der Waals surface area contributed by atoms with E-state index >= 15 is 0 Å². The summed E-state index contributed by atoms with van der Waals surface area (Å²) >= 11 is 0. The molecule has 2 aromatic rings. The highest BCUT2D eigenvalue weighted by atomic mass is 35.5. The van der Waals surface area contributed by atoms with E-state index in [1.807, 2.05) is 6.07 Å². The molecule has 186 valence electrons. The molecule has 1 aromatic carbocycles. The highest BCUT2D eigenvalue weighted by molar-refractivity contribution is 5.92. The first kappa shape index (κ1) is 25.5. The summed E-state index contributed by atoms with van der Waals surface area (Å²) in [5, 5.41) is 24.1. The van der Waals surface area contributed by atoms with Crippen molar-refractivity contribution in [1.82, 2.24) is 14.9 Å². The van der Waals surface area contributed by atoms with Crippen LogP contribution in [-0.2, 0) is 0 Å². The predicted molar refractivity (Wildman–Crippen MR) is 138 cm³/mol. The molecule has 12 heteroatoms. The van der Waals surface area contributed by atoms with Gasteiger partial charge in [0.1, 0.15) is 5.69 Å². The number of halogens is 1. The summed E-state index contributed by atoms with van der Waals surface area (Å²) in [5.41, 5.74) is 5.25. The lowest BCUT2D eigenvalue weighted by Crippen LogP contribution is -2.35. The van der Waals surface area contributed by atoms with Crippen LogP contribution < -0.4 is 21.1 Å². The number of anilines is 3. The van der Waals surface area contributed by atoms with Gasteiger partial charge in [0.05, 0.1) is 11.1 Å². The van der Waals surface area contributed by atoms with Crippen LogP contribution >= 0.6 is 12.4 Å². The second-order valence-electron chi connectivity index (χ2n) is 9.31. The number of rotatable bonds is 6. The fraction of sp³-hybridized carbons (Fsp3) is 0.591. The van der Waals surface area contributed by atoms with Crippen molar-refractivity contribution in [2.45, 2.75) is 46.5 Å². The number of nitrogens with two attached hydrogens (primary N) is 1. The zero-order valence-corrected chi connectivity index (χ0v) is 20.8. The van der Waals surface area contributed by atoms with Gasteiger partial charge in [-0.1, -0.05) is 13.8 Å². The van der Waals surface area contributed by atoms with Crippen LogP contribution in [0.5, 0.6) is 0 Å². The Bertz CT molecular complexity index is 1030. The molecule has 0 amide bonds. The molecule has 2 fully saturated rings. The zero-order chi connectivity index (χ0) is 23.5. The maximum absolute atomic E-state index is 12.0. The second-order valence-corrected chi connectivity index (χ2v) is 9.31. The predicted octanol–water partition coefficient (Wildman–Crippen LogP) is 3.55. The number of nitro groups is 1. The Morgan fingerprint density at radius 2 is 1.62 bits per heavy atom. The molecule has 0 bridgehead atoms. The number of nitrogen functional groups attached to an aromatic ring is 1. The first-order valence-corrected chi connectivity index (χ1v) is 11.6. The van der Waals surface area contributed by atoms with Gasteiger partial charge in [0.25, 0.3) is 11.6 Å². The Kier molecular flexibility index (Phi) is 8.19. The summed E-state index contributed by atoms with van der Waals surface area (Å²) in [7, 11) is 0. The SMILES string of the molecule is Cc1nnc(N/N=C/c2cc([N+](=O)[O-])c(N3CCC(C)CC3)cc2N2CCC(C)CC2)n1N.Cl. The molecule has 0 radical (unpaired) electrons. The largest absolute Gasteiger partial charge is 0.371 e. The average Bonchev–Trinajstić information content (AvgIpc) is 3.12.